The highest BCUT2D eigenvalue weighted by molar-refractivity contribution is 4.76. The van der Waals surface area contributed by atoms with Crippen molar-refractivity contribution in [1.82, 2.24) is 0 Å². The van der Waals surface area contributed by atoms with Crippen LogP contribution in [0, 0.1) is 11.8 Å². The third-order valence-corrected chi connectivity index (χ3v) is 4.72. The molecule has 0 saturated carbocycles. The molecule has 0 rings (SSSR count). The van der Waals surface area contributed by atoms with E-state index < -0.39 is 0 Å². The second kappa shape index (κ2) is 14.0. The molecule has 0 aliphatic heterocycles. The lowest BCUT2D eigenvalue weighted by molar-refractivity contribution is 0.229. The van der Waals surface area contributed by atoms with Gasteiger partial charge in [-0.15, -0.1) is 0 Å². The van der Waals surface area contributed by atoms with Gasteiger partial charge in [-0.2, -0.15) is 0 Å². The van der Waals surface area contributed by atoms with Crippen LogP contribution in [0.15, 0.2) is 0 Å². The van der Waals surface area contributed by atoms with E-state index in [1.165, 1.54) is 89.9 Å². The van der Waals surface area contributed by atoms with Gasteiger partial charge in [-0.1, -0.05) is 98.3 Å². The quantitative estimate of drug-likeness (QED) is 0.269. The van der Waals surface area contributed by atoms with Crippen LogP contribution in [0.1, 0.15) is 118 Å². The van der Waals surface area contributed by atoms with Gasteiger partial charge in [0.25, 0.3) is 0 Å². The van der Waals surface area contributed by atoms with Gasteiger partial charge in [0.15, 0.2) is 0 Å². The summed E-state index contributed by atoms with van der Waals surface area (Å²) in [6, 6.07) is 0. The SMILES string of the molecule is CCCCCC[CH]CCCC(C)(CCCC)CCCC. The Hall–Kier alpha value is 0. The maximum atomic E-state index is 2.55. The predicted molar refractivity (Wildman–Crippen MR) is 94.1 cm³/mol. The van der Waals surface area contributed by atoms with Gasteiger partial charge in [-0.3, -0.25) is 0 Å². The van der Waals surface area contributed by atoms with E-state index in [1.807, 2.05) is 0 Å². The van der Waals surface area contributed by atoms with E-state index in [0.717, 1.165) is 0 Å². The van der Waals surface area contributed by atoms with E-state index >= 15 is 0 Å². The average Bonchev–Trinajstić information content (AvgIpc) is 2.46. The average molecular weight is 282 g/mol. The van der Waals surface area contributed by atoms with E-state index in [4.69, 9.17) is 0 Å². The Morgan fingerprint density at radius 3 is 1.65 bits per heavy atom. The molecule has 0 aromatic rings. The summed E-state index contributed by atoms with van der Waals surface area (Å²) in [6.45, 7) is 9.48. The van der Waals surface area contributed by atoms with Crippen molar-refractivity contribution in [2.45, 2.75) is 118 Å². The number of rotatable bonds is 15. The normalized spacial score (nSPS) is 12.0. The molecule has 0 atom stereocenters. The molecule has 0 N–H and O–H groups in total. The van der Waals surface area contributed by atoms with Crippen LogP contribution in [0.25, 0.3) is 0 Å². The molecular weight excluding hydrogens is 240 g/mol. The van der Waals surface area contributed by atoms with Crippen LogP contribution in [0.5, 0.6) is 0 Å². The third kappa shape index (κ3) is 11.8. The van der Waals surface area contributed by atoms with Crippen LogP contribution in [-0.4, -0.2) is 0 Å². The molecule has 0 amide bonds. The first kappa shape index (κ1) is 20.0. The van der Waals surface area contributed by atoms with E-state index in [-0.39, 0.29) is 0 Å². The van der Waals surface area contributed by atoms with Crippen LogP contribution >= 0.6 is 0 Å². The fourth-order valence-electron chi connectivity index (χ4n) is 3.12. The highest BCUT2D eigenvalue weighted by atomic mass is 14.3. The summed E-state index contributed by atoms with van der Waals surface area (Å²) in [7, 11) is 0. The molecule has 121 valence electrons. The van der Waals surface area contributed by atoms with Crippen molar-refractivity contribution in [2.75, 3.05) is 0 Å². The zero-order valence-electron chi connectivity index (χ0n) is 15.0. The molecule has 0 aliphatic carbocycles. The molecule has 0 fully saturated rings. The molecule has 0 nitrogen and oxygen atoms in total. The van der Waals surface area contributed by atoms with Crippen molar-refractivity contribution in [1.29, 1.82) is 0 Å². The Labute approximate surface area is 130 Å². The van der Waals surface area contributed by atoms with Gasteiger partial charge in [-0.25, -0.2) is 0 Å². The van der Waals surface area contributed by atoms with Crippen molar-refractivity contribution >= 4 is 0 Å². The summed E-state index contributed by atoms with van der Waals surface area (Å²) >= 11 is 0. The standard InChI is InChI=1S/C20H41/c1-5-8-11-12-13-14-15-16-19-20(4,17-9-6-2)18-10-7-3/h14H,5-13,15-19H2,1-4H3. The van der Waals surface area contributed by atoms with E-state index in [1.54, 1.807) is 0 Å². The monoisotopic (exact) mass is 281 g/mol. The topological polar surface area (TPSA) is 0 Å². The van der Waals surface area contributed by atoms with Crippen LogP contribution in [-0.2, 0) is 0 Å². The summed E-state index contributed by atoms with van der Waals surface area (Å²) in [5.41, 5.74) is 0.627. The van der Waals surface area contributed by atoms with Gasteiger partial charge in [0, 0.05) is 0 Å². The molecular formula is C20H41. The Morgan fingerprint density at radius 2 is 1.10 bits per heavy atom. The van der Waals surface area contributed by atoms with Crippen molar-refractivity contribution in [3.63, 3.8) is 0 Å². The Balaban J connectivity index is 3.67. The summed E-state index contributed by atoms with van der Waals surface area (Å²) in [5, 5.41) is 0. The number of unbranched alkanes of at least 4 members (excludes halogenated alkanes) is 9. The van der Waals surface area contributed by atoms with Gasteiger partial charge < -0.3 is 0 Å². The smallest absolute Gasteiger partial charge is 0.0326 e. The fraction of sp³-hybridized carbons (Fsp3) is 0.950. The zero-order chi connectivity index (χ0) is 15.1. The highest BCUT2D eigenvalue weighted by Crippen LogP contribution is 2.36. The van der Waals surface area contributed by atoms with Gasteiger partial charge in [0.1, 0.15) is 0 Å². The summed E-state index contributed by atoms with van der Waals surface area (Å²) in [4.78, 5) is 0. The van der Waals surface area contributed by atoms with Crippen molar-refractivity contribution in [3.8, 4) is 0 Å². The van der Waals surface area contributed by atoms with Crippen LogP contribution in [0.3, 0.4) is 0 Å². The lowest BCUT2D eigenvalue weighted by atomic mass is 9.76. The van der Waals surface area contributed by atoms with Gasteiger partial charge in [0.05, 0.1) is 0 Å². The van der Waals surface area contributed by atoms with Crippen molar-refractivity contribution in [3.05, 3.63) is 6.42 Å². The van der Waals surface area contributed by atoms with Crippen molar-refractivity contribution < 1.29 is 0 Å². The summed E-state index contributed by atoms with van der Waals surface area (Å²) in [5.74, 6) is 0. The minimum Gasteiger partial charge on any atom is -0.0654 e. The Morgan fingerprint density at radius 1 is 0.600 bits per heavy atom. The number of hydrogen-bond donors (Lipinski definition) is 0. The minimum absolute atomic E-state index is 0.627. The number of hydrogen-bond acceptors (Lipinski definition) is 0. The second-order valence-electron chi connectivity index (χ2n) is 7.05. The van der Waals surface area contributed by atoms with E-state index in [9.17, 15) is 0 Å². The highest BCUT2D eigenvalue weighted by Gasteiger charge is 2.22. The Bertz CT molecular complexity index is 174. The second-order valence-corrected chi connectivity index (χ2v) is 7.05. The lowest BCUT2D eigenvalue weighted by Gasteiger charge is -2.30. The molecule has 0 aromatic heterocycles. The minimum atomic E-state index is 0.627. The molecule has 0 unspecified atom stereocenters. The molecule has 0 spiro atoms. The third-order valence-electron chi connectivity index (χ3n) is 4.72. The largest absolute Gasteiger partial charge is 0.0654 e. The molecule has 0 saturated heterocycles. The summed E-state index contributed by atoms with van der Waals surface area (Å²) < 4.78 is 0. The maximum Gasteiger partial charge on any atom is -0.0326 e. The van der Waals surface area contributed by atoms with Crippen LogP contribution < -0.4 is 0 Å². The molecule has 0 bridgehead atoms. The first-order valence-corrected chi connectivity index (χ1v) is 9.50. The van der Waals surface area contributed by atoms with E-state index in [0.29, 0.717) is 5.41 Å². The predicted octanol–water partition coefficient (Wildman–Crippen LogP) is 7.72. The molecule has 0 aliphatic rings. The maximum absolute atomic E-state index is 2.55. The fourth-order valence-corrected chi connectivity index (χ4v) is 3.12. The first-order chi connectivity index (χ1) is 9.68. The molecule has 1 radical (unpaired) electrons. The lowest BCUT2D eigenvalue weighted by Crippen LogP contribution is -2.16. The molecule has 20 heavy (non-hydrogen) atoms. The zero-order valence-corrected chi connectivity index (χ0v) is 15.0. The summed E-state index contributed by atoms with van der Waals surface area (Å²) in [6.07, 6.45) is 22.1. The molecule has 0 aromatic carbocycles. The van der Waals surface area contributed by atoms with E-state index in [2.05, 4.69) is 34.1 Å². The first-order valence-electron chi connectivity index (χ1n) is 9.50. The van der Waals surface area contributed by atoms with Gasteiger partial charge >= 0.3 is 0 Å². The van der Waals surface area contributed by atoms with Crippen LogP contribution in [0.4, 0.5) is 0 Å². The molecule has 0 heterocycles. The molecule has 0 heteroatoms. The Kier molecular flexibility index (Phi) is 14.0. The van der Waals surface area contributed by atoms with Gasteiger partial charge in [-0.05, 0) is 31.1 Å². The van der Waals surface area contributed by atoms with Gasteiger partial charge in [0.2, 0.25) is 0 Å². The van der Waals surface area contributed by atoms with Crippen LogP contribution in [0.2, 0.25) is 0 Å². The van der Waals surface area contributed by atoms with Crippen molar-refractivity contribution in [2.24, 2.45) is 5.41 Å².